The topological polar surface area (TPSA) is 9.23 Å². The van der Waals surface area contributed by atoms with E-state index < -0.39 is 0 Å². The Morgan fingerprint density at radius 3 is 2.68 bits per heavy atom. The van der Waals surface area contributed by atoms with Gasteiger partial charge in [-0.3, -0.25) is 0 Å². The number of allylic oxidation sites excluding steroid dienone is 6. The first kappa shape index (κ1) is 17.4. The van der Waals surface area contributed by atoms with Crippen LogP contribution in [0.15, 0.2) is 34.9 Å². The maximum Gasteiger partial charge on any atom is 0.0966 e. The van der Waals surface area contributed by atoms with Crippen LogP contribution in [-0.2, 0) is 4.74 Å². The lowest BCUT2D eigenvalue weighted by molar-refractivity contribution is -0.0293. The molecule has 2 heteroatoms. The molecule has 0 bridgehead atoms. The van der Waals surface area contributed by atoms with Crippen molar-refractivity contribution in [3.05, 3.63) is 34.9 Å². The zero-order valence-electron chi connectivity index (χ0n) is 16.5. The van der Waals surface area contributed by atoms with Gasteiger partial charge in [0.25, 0.3) is 0 Å². The molecule has 1 nitrogen and oxygen atoms in total. The molecule has 0 aromatic rings. The molecule has 2 saturated carbocycles. The third-order valence-corrected chi connectivity index (χ3v) is 8.75. The molecule has 25 heavy (non-hydrogen) atoms. The first-order valence-electron chi connectivity index (χ1n) is 10.1. The molecular formula is C23H33FO. The van der Waals surface area contributed by atoms with Gasteiger partial charge in [-0.15, -0.1) is 0 Å². The Kier molecular flexibility index (Phi) is 3.98. The van der Waals surface area contributed by atoms with Crippen LogP contribution in [0.2, 0.25) is 0 Å². The van der Waals surface area contributed by atoms with E-state index in [0.29, 0.717) is 17.8 Å². The van der Waals surface area contributed by atoms with Crippen molar-refractivity contribution in [3.8, 4) is 0 Å². The van der Waals surface area contributed by atoms with Gasteiger partial charge < -0.3 is 4.74 Å². The zero-order chi connectivity index (χ0) is 18.0. The third kappa shape index (κ3) is 2.25. The Balaban J connectivity index is 1.74. The van der Waals surface area contributed by atoms with E-state index >= 15 is 0 Å². The number of hydrogen-bond acceptors (Lipinski definition) is 1. The van der Waals surface area contributed by atoms with E-state index in [1.54, 1.807) is 14.0 Å². The lowest BCUT2D eigenvalue weighted by Crippen LogP contribution is -2.50. The van der Waals surface area contributed by atoms with Crippen molar-refractivity contribution in [2.45, 2.75) is 66.2 Å². The first-order chi connectivity index (χ1) is 11.8. The van der Waals surface area contributed by atoms with E-state index in [2.05, 4.69) is 32.9 Å². The summed E-state index contributed by atoms with van der Waals surface area (Å²) in [6, 6.07) is 0. The minimum atomic E-state index is 0.0976. The molecule has 2 fully saturated rings. The lowest BCUT2D eigenvalue weighted by Gasteiger charge is -2.58. The molecule has 0 radical (unpaired) electrons. The summed E-state index contributed by atoms with van der Waals surface area (Å²) in [5.74, 6) is 3.94. The highest BCUT2D eigenvalue weighted by Gasteiger charge is 2.58. The Hall–Kier alpha value is -1.05. The second kappa shape index (κ2) is 5.72. The molecule has 5 unspecified atom stereocenters. The van der Waals surface area contributed by atoms with Crippen LogP contribution >= 0.6 is 0 Å². The second-order valence-electron chi connectivity index (χ2n) is 9.48. The zero-order valence-corrected chi connectivity index (χ0v) is 16.5. The summed E-state index contributed by atoms with van der Waals surface area (Å²) in [4.78, 5) is 0. The summed E-state index contributed by atoms with van der Waals surface area (Å²) in [7, 11) is 1.80. The van der Waals surface area contributed by atoms with Gasteiger partial charge in [0.05, 0.1) is 18.7 Å². The molecule has 0 heterocycles. The summed E-state index contributed by atoms with van der Waals surface area (Å²) in [5.41, 5.74) is 2.99. The van der Waals surface area contributed by atoms with Gasteiger partial charge in [0, 0.05) is 6.42 Å². The molecule has 6 atom stereocenters. The lowest BCUT2D eigenvalue weighted by atomic mass is 9.46. The monoisotopic (exact) mass is 344 g/mol. The molecule has 0 aromatic heterocycles. The van der Waals surface area contributed by atoms with E-state index in [0.717, 1.165) is 42.9 Å². The molecular weight excluding hydrogens is 311 g/mol. The van der Waals surface area contributed by atoms with Crippen LogP contribution in [0.4, 0.5) is 4.39 Å². The fraction of sp³-hybridized carbons (Fsp3) is 0.739. The summed E-state index contributed by atoms with van der Waals surface area (Å²) >= 11 is 0. The number of methoxy groups -OCH3 is 1. The Labute approximate surface area is 152 Å². The number of halogens is 1. The van der Waals surface area contributed by atoms with Gasteiger partial charge in [0.2, 0.25) is 0 Å². The van der Waals surface area contributed by atoms with E-state index in [-0.39, 0.29) is 16.7 Å². The van der Waals surface area contributed by atoms with Crippen LogP contribution in [0, 0.1) is 34.5 Å². The van der Waals surface area contributed by atoms with Crippen LogP contribution in [0.1, 0.15) is 66.2 Å². The Bertz CT molecular complexity index is 668. The fourth-order valence-electron chi connectivity index (χ4n) is 7.19. The average Bonchev–Trinajstić information content (AvgIpc) is 2.93. The molecule has 4 rings (SSSR count). The summed E-state index contributed by atoms with van der Waals surface area (Å²) in [5, 5.41) is 0. The Morgan fingerprint density at radius 2 is 2.00 bits per heavy atom. The minimum Gasteiger partial charge on any atom is -0.501 e. The Morgan fingerprint density at radius 1 is 1.24 bits per heavy atom. The largest absolute Gasteiger partial charge is 0.501 e. The number of rotatable bonds is 1. The predicted molar refractivity (Wildman–Crippen MR) is 101 cm³/mol. The van der Waals surface area contributed by atoms with Crippen molar-refractivity contribution >= 4 is 0 Å². The molecule has 138 valence electrons. The van der Waals surface area contributed by atoms with Crippen LogP contribution < -0.4 is 0 Å². The first-order valence-corrected chi connectivity index (χ1v) is 10.1. The second-order valence-corrected chi connectivity index (χ2v) is 9.48. The quantitative estimate of drug-likeness (QED) is 0.522. The van der Waals surface area contributed by atoms with E-state index in [4.69, 9.17) is 4.74 Å². The summed E-state index contributed by atoms with van der Waals surface area (Å²) in [6.07, 6.45) is 11.6. The smallest absolute Gasteiger partial charge is 0.0966 e. The molecule has 0 amide bonds. The van der Waals surface area contributed by atoms with Gasteiger partial charge in [-0.2, -0.15) is 0 Å². The number of hydrogen-bond donors (Lipinski definition) is 0. The SMILES string of the molecule is COC1=CC2=CCC3C4CC/C(=C(/C)F)C4(C)CCC3C2(C)[C@@H](C)C1. The normalized spacial score (nSPS) is 47.9. The van der Waals surface area contributed by atoms with Gasteiger partial charge in [-0.25, -0.2) is 4.39 Å². The van der Waals surface area contributed by atoms with Gasteiger partial charge in [0.15, 0.2) is 0 Å². The molecule has 0 spiro atoms. The number of ether oxygens (including phenoxy) is 1. The molecule has 0 saturated heterocycles. The third-order valence-electron chi connectivity index (χ3n) is 8.75. The highest BCUT2D eigenvalue weighted by Crippen LogP contribution is 2.67. The summed E-state index contributed by atoms with van der Waals surface area (Å²) < 4.78 is 19.8. The molecule has 0 aromatic carbocycles. The van der Waals surface area contributed by atoms with Crippen molar-refractivity contribution in [1.29, 1.82) is 0 Å². The predicted octanol–water partition coefficient (Wildman–Crippen LogP) is 6.58. The molecule has 4 aliphatic rings. The van der Waals surface area contributed by atoms with E-state index in [1.807, 2.05) is 0 Å². The molecule has 4 aliphatic carbocycles. The highest BCUT2D eigenvalue weighted by molar-refractivity contribution is 5.38. The minimum absolute atomic E-state index is 0.0976. The molecule has 0 N–H and O–H groups in total. The molecule has 0 aliphatic heterocycles. The van der Waals surface area contributed by atoms with Crippen LogP contribution in [0.5, 0.6) is 0 Å². The fourth-order valence-corrected chi connectivity index (χ4v) is 7.19. The standard InChI is InChI=1S/C23H33FO/c1-14-12-17(25-5)13-16-6-7-18-20-9-8-19(15(2)24)22(20,3)11-10-21(18)23(14,16)4/h6,13-14,18,20-21H,7-12H2,1-5H3/b19-15+/t14-,18?,20?,21?,22?,23?/m0/s1. The van der Waals surface area contributed by atoms with Crippen molar-refractivity contribution < 1.29 is 9.13 Å². The van der Waals surface area contributed by atoms with Gasteiger partial charge in [-0.1, -0.05) is 26.8 Å². The van der Waals surface area contributed by atoms with E-state index in [9.17, 15) is 4.39 Å². The van der Waals surface area contributed by atoms with Crippen LogP contribution in [0.3, 0.4) is 0 Å². The van der Waals surface area contributed by atoms with E-state index in [1.165, 1.54) is 18.4 Å². The van der Waals surface area contributed by atoms with Crippen molar-refractivity contribution in [2.24, 2.45) is 34.5 Å². The van der Waals surface area contributed by atoms with Gasteiger partial charge in [0.1, 0.15) is 0 Å². The van der Waals surface area contributed by atoms with Crippen molar-refractivity contribution in [3.63, 3.8) is 0 Å². The van der Waals surface area contributed by atoms with Gasteiger partial charge in [-0.05, 0) is 90.8 Å². The van der Waals surface area contributed by atoms with Crippen LogP contribution in [-0.4, -0.2) is 7.11 Å². The highest BCUT2D eigenvalue weighted by atomic mass is 19.1. The van der Waals surface area contributed by atoms with Crippen molar-refractivity contribution in [1.82, 2.24) is 0 Å². The van der Waals surface area contributed by atoms with Crippen molar-refractivity contribution in [2.75, 3.05) is 7.11 Å². The maximum atomic E-state index is 14.2. The summed E-state index contributed by atoms with van der Waals surface area (Å²) in [6.45, 7) is 8.93. The maximum absolute atomic E-state index is 14.2. The van der Waals surface area contributed by atoms with Gasteiger partial charge >= 0.3 is 0 Å². The number of fused-ring (bicyclic) bond motifs is 5. The van der Waals surface area contributed by atoms with Crippen LogP contribution in [0.25, 0.3) is 0 Å². The average molecular weight is 345 g/mol.